The molecule has 2 aromatic rings. The molecule has 0 spiro atoms. The number of nitrogens with one attached hydrogen (secondary N) is 2. The van der Waals surface area contributed by atoms with Gasteiger partial charge in [-0.25, -0.2) is 0 Å². The van der Waals surface area contributed by atoms with Crippen molar-refractivity contribution in [2.24, 2.45) is 11.8 Å². The molecule has 0 aliphatic heterocycles. The molecule has 3 N–H and O–H groups in total. The van der Waals surface area contributed by atoms with Gasteiger partial charge in [0, 0.05) is 17.1 Å². The van der Waals surface area contributed by atoms with Crippen molar-refractivity contribution in [1.29, 1.82) is 0 Å². The van der Waals surface area contributed by atoms with Crippen LogP contribution >= 0.6 is 0 Å². The van der Waals surface area contributed by atoms with Gasteiger partial charge in [0.2, 0.25) is 5.91 Å². The number of hydrogen-bond acceptors (Lipinski definition) is 3. The fourth-order valence-electron chi connectivity index (χ4n) is 3.30. The molecule has 1 aliphatic carbocycles. The predicted octanol–water partition coefficient (Wildman–Crippen LogP) is 4.26. The van der Waals surface area contributed by atoms with Crippen molar-refractivity contribution < 1.29 is 14.7 Å². The molecule has 0 heterocycles. The molecule has 0 saturated heterocycles. The molecule has 0 bridgehead atoms. The summed E-state index contributed by atoms with van der Waals surface area (Å²) in [7, 11) is 0. The highest BCUT2D eigenvalue weighted by Crippen LogP contribution is 2.31. The summed E-state index contributed by atoms with van der Waals surface area (Å²) in [5.41, 5.74) is 2.59. The Kier molecular flexibility index (Phi) is 5.33. The number of amides is 1. The third-order valence-corrected chi connectivity index (χ3v) is 4.63. The smallest absolute Gasteiger partial charge is 0.307 e. The van der Waals surface area contributed by atoms with Gasteiger partial charge in [0.1, 0.15) is 0 Å². The van der Waals surface area contributed by atoms with E-state index < -0.39 is 17.8 Å². The molecule has 3 rings (SSSR count). The highest BCUT2D eigenvalue weighted by atomic mass is 16.4. The molecule has 1 amide bonds. The molecule has 25 heavy (non-hydrogen) atoms. The van der Waals surface area contributed by atoms with Crippen LogP contribution in [0.4, 0.5) is 17.1 Å². The van der Waals surface area contributed by atoms with Crippen LogP contribution in [0.15, 0.2) is 54.6 Å². The number of carboxylic acids is 1. The van der Waals surface area contributed by atoms with E-state index in [-0.39, 0.29) is 5.91 Å². The molecular weight excluding hydrogens is 316 g/mol. The lowest BCUT2D eigenvalue weighted by atomic mass is 9.78. The maximum atomic E-state index is 12.5. The molecule has 5 nitrogen and oxygen atoms in total. The zero-order valence-electron chi connectivity index (χ0n) is 13.9. The first-order chi connectivity index (χ1) is 12.1. The van der Waals surface area contributed by atoms with Gasteiger partial charge in [0.15, 0.2) is 0 Å². The first kappa shape index (κ1) is 17.0. The van der Waals surface area contributed by atoms with Gasteiger partial charge < -0.3 is 15.7 Å². The summed E-state index contributed by atoms with van der Waals surface area (Å²) in [4.78, 5) is 23.8. The molecule has 0 aromatic heterocycles. The van der Waals surface area contributed by atoms with Crippen LogP contribution in [0.2, 0.25) is 0 Å². The predicted molar refractivity (Wildman–Crippen MR) is 97.9 cm³/mol. The highest BCUT2D eigenvalue weighted by molar-refractivity contribution is 5.95. The lowest BCUT2D eigenvalue weighted by molar-refractivity contribution is -0.147. The van der Waals surface area contributed by atoms with Crippen LogP contribution in [0.5, 0.6) is 0 Å². The van der Waals surface area contributed by atoms with Crippen molar-refractivity contribution >= 4 is 28.9 Å². The summed E-state index contributed by atoms with van der Waals surface area (Å²) >= 11 is 0. The number of carbonyl (C=O) groups excluding carboxylic acids is 1. The summed E-state index contributed by atoms with van der Waals surface area (Å²) in [6.45, 7) is 0. The Morgan fingerprint density at radius 1 is 0.800 bits per heavy atom. The molecule has 1 fully saturated rings. The summed E-state index contributed by atoms with van der Waals surface area (Å²) < 4.78 is 0. The standard InChI is InChI=1S/C20H22N2O3/c23-19(17-8-4-5-9-18(17)20(24)25)22-16-12-10-15(11-13-16)21-14-6-2-1-3-7-14/h1-3,6-7,10-13,17-18,21H,4-5,8-9H2,(H,22,23)(H,24,25)/t17-,18+/m1/s1. The second-order valence-electron chi connectivity index (χ2n) is 6.39. The summed E-state index contributed by atoms with van der Waals surface area (Å²) in [5.74, 6) is -2.10. The fourth-order valence-corrected chi connectivity index (χ4v) is 3.30. The Hall–Kier alpha value is -2.82. The zero-order valence-corrected chi connectivity index (χ0v) is 13.9. The van der Waals surface area contributed by atoms with Gasteiger partial charge >= 0.3 is 5.97 Å². The lowest BCUT2D eigenvalue weighted by Crippen LogP contribution is -2.36. The third-order valence-electron chi connectivity index (χ3n) is 4.63. The van der Waals surface area contributed by atoms with Gasteiger partial charge in [-0.3, -0.25) is 9.59 Å². The molecule has 2 atom stereocenters. The van der Waals surface area contributed by atoms with Crippen LogP contribution in [0.3, 0.4) is 0 Å². The molecule has 1 saturated carbocycles. The van der Waals surface area contributed by atoms with Crippen molar-refractivity contribution in [3.05, 3.63) is 54.6 Å². The Morgan fingerprint density at radius 3 is 2.00 bits per heavy atom. The van der Waals surface area contributed by atoms with Crippen LogP contribution < -0.4 is 10.6 Å². The molecule has 1 aliphatic rings. The normalized spacial score (nSPS) is 19.8. The van der Waals surface area contributed by atoms with Crippen LogP contribution in [-0.2, 0) is 9.59 Å². The maximum absolute atomic E-state index is 12.5. The average Bonchev–Trinajstić information content (AvgIpc) is 2.64. The fraction of sp³-hybridized carbons (Fsp3) is 0.300. The summed E-state index contributed by atoms with van der Waals surface area (Å²) in [6, 6.07) is 17.2. The van der Waals surface area contributed by atoms with E-state index in [9.17, 15) is 14.7 Å². The van der Waals surface area contributed by atoms with Gasteiger partial charge in [-0.05, 0) is 49.2 Å². The minimum atomic E-state index is -0.873. The minimum absolute atomic E-state index is 0.198. The van der Waals surface area contributed by atoms with Crippen molar-refractivity contribution in [3.8, 4) is 0 Å². The third kappa shape index (κ3) is 4.38. The van der Waals surface area contributed by atoms with E-state index >= 15 is 0 Å². The second-order valence-corrected chi connectivity index (χ2v) is 6.39. The van der Waals surface area contributed by atoms with Gasteiger partial charge in [0.05, 0.1) is 11.8 Å². The Bertz CT molecular complexity index is 728. The highest BCUT2D eigenvalue weighted by Gasteiger charge is 2.35. The van der Waals surface area contributed by atoms with Gasteiger partial charge in [0.25, 0.3) is 0 Å². The SMILES string of the molecule is O=C(O)[C@H]1CCCC[C@H]1C(=O)Nc1ccc(Nc2ccccc2)cc1. The summed E-state index contributed by atoms with van der Waals surface area (Å²) in [5, 5.41) is 15.4. The van der Waals surface area contributed by atoms with Crippen molar-refractivity contribution in [3.63, 3.8) is 0 Å². The Labute approximate surface area is 147 Å². The largest absolute Gasteiger partial charge is 0.481 e. The van der Waals surface area contributed by atoms with E-state index in [0.717, 1.165) is 24.2 Å². The monoisotopic (exact) mass is 338 g/mol. The number of carboxylic acid groups (broad SMARTS) is 1. The quantitative estimate of drug-likeness (QED) is 0.761. The Morgan fingerprint density at radius 2 is 1.36 bits per heavy atom. The van der Waals surface area contributed by atoms with Crippen LogP contribution in [0.1, 0.15) is 25.7 Å². The number of carbonyl (C=O) groups is 2. The van der Waals surface area contributed by atoms with Crippen molar-refractivity contribution in [1.82, 2.24) is 0 Å². The second kappa shape index (κ2) is 7.83. The zero-order chi connectivity index (χ0) is 17.6. The number of benzene rings is 2. The Balaban J connectivity index is 1.62. The summed E-state index contributed by atoms with van der Waals surface area (Å²) in [6.07, 6.45) is 2.99. The van der Waals surface area contributed by atoms with E-state index in [2.05, 4.69) is 10.6 Å². The van der Waals surface area contributed by atoms with Crippen LogP contribution in [0.25, 0.3) is 0 Å². The minimum Gasteiger partial charge on any atom is -0.481 e. The van der Waals surface area contributed by atoms with Crippen molar-refractivity contribution in [2.45, 2.75) is 25.7 Å². The van der Waals surface area contributed by atoms with E-state index in [4.69, 9.17) is 0 Å². The maximum Gasteiger partial charge on any atom is 0.307 e. The van der Waals surface area contributed by atoms with Crippen LogP contribution in [-0.4, -0.2) is 17.0 Å². The topological polar surface area (TPSA) is 78.4 Å². The number of rotatable bonds is 5. The molecule has 0 radical (unpaired) electrons. The number of para-hydroxylation sites is 1. The lowest BCUT2D eigenvalue weighted by Gasteiger charge is -2.27. The van der Waals surface area contributed by atoms with Gasteiger partial charge in [-0.2, -0.15) is 0 Å². The van der Waals surface area contributed by atoms with Crippen molar-refractivity contribution in [2.75, 3.05) is 10.6 Å². The number of hydrogen-bond donors (Lipinski definition) is 3. The van der Waals surface area contributed by atoms with E-state index in [1.165, 1.54) is 0 Å². The van der Waals surface area contributed by atoms with Gasteiger partial charge in [-0.1, -0.05) is 31.0 Å². The molecule has 0 unspecified atom stereocenters. The van der Waals surface area contributed by atoms with E-state index in [0.29, 0.717) is 18.5 Å². The molecule has 130 valence electrons. The van der Waals surface area contributed by atoms with Crippen LogP contribution in [0, 0.1) is 11.8 Å². The molecule has 5 heteroatoms. The molecular formula is C20H22N2O3. The number of anilines is 3. The first-order valence-corrected chi connectivity index (χ1v) is 8.59. The number of aliphatic carboxylic acids is 1. The molecule has 2 aromatic carbocycles. The van der Waals surface area contributed by atoms with E-state index in [1.807, 2.05) is 54.6 Å². The van der Waals surface area contributed by atoms with Gasteiger partial charge in [-0.15, -0.1) is 0 Å². The first-order valence-electron chi connectivity index (χ1n) is 8.59. The van der Waals surface area contributed by atoms with E-state index in [1.54, 1.807) is 0 Å². The average molecular weight is 338 g/mol.